The lowest BCUT2D eigenvalue weighted by Gasteiger charge is -2.39. The second kappa shape index (κ2) is 6.12. The molecule has 1 N–H and O–H groups in total. The van der Waals surface area contributed by atoms with Gasteiger partial charge in [-0.2, -0.15) is 0 Å². The average molecular weight is 364 g/mol. The molecule has 0 amide bonds. The zero-order valence-corrected chi connectivity index (χ0v) is 14.7. The van der Waals surface area contributed by atoms with Crippen molar-refractivity contribution in [1.29, 1.82) is 0 Å². The molecular formula is C17H20N2O5S. The molecule has 1 aromatic heterocycles. The predicted molar refractivity (Wildman–Crippen MR) is 92.1 cm³/mol. The highest BCUT2D eigenvalue weighted by atomic mass is 32.2. The maximum Gasteiger partial charge on any atom is 0.340 e. The monoisotopic (exact) mass is 364 g/mol. The lowest BCUT2D eigenvalue weighted by molar-refractivity contribution is -0.0339. The first-order chi connectivity index (χ1) is 11.9. The van der Waals surface area contributed by atoms with Crippen molar-refractivity contribution < 1.29 is 22.7 Å². The van der Waals surface area contributed by atoms with Crippen LogP contribution < -0.4 is 5.32 Å². The molecular weight excluding hydrogens is 344 g/mol. The van der Waals surface area contributed by atoms with Crippen LogP contribution in [0.5, 0.6) is 0 Å². The van der Waals surface area contributed by atoms with E-state index in [0.29, 0.717) is 37.0 Å². The van der Waals surface area contributed by atoms with Crippen LogP contribution in [-0.4, -0.2) is 56.0 Å². The van der Waals surface area contributed by atoms with Crippen molar-refractivity contribution in [2.24, 2.45) is 0 Å². The normalized spacial score (nSPS) is 26.5. The number of piperidine rings is 1. The number of benzene rings is 1. The number of morpholine rings is 1. The minimum atomic E-state index is -3.51. The van der Waals surface area contributed by atoms with E-state index < -0.39 is 16.0 Å². The van der Waals surface area contributed by atoms with Crippen LogP contribution in [0.15, 0.2) is 30.5 Å². The smallest absolute Gasteiger partial charge is 0.340 e. The van der Waals surface area contributed by atoms with Crippen LogP contribution in [0, 0.1) is 0 Å². The molecule has 3 heterocycles. The lowest BCUT2D eigenvalue weighted by Crippen LogP contribution is -2.56. The van der Waals surface area contributed by atoms with Gasteiger partial charge < -0.3 is 14.8 Å². The molecule has 2 saturated heterocycles. The molecule has 2 fully saturated rings. The van der Waals surface area contributed by atoms with Gasteiger partial charge in [0.05, 0.1) is 30.5 Å². The van der Waals surface area contributed by atoms with Gasteiger partial charge in [-0.25, -0.2) is 17.2 Å². The summed E-state index contributed by atoms with van der Waals surface area (Å²) in [4.78, 5) is 12.7. The van der Waals surface area contributed by atoms with E-state index in [2.05, 4.69) is 5.32 Å². The van der Waals surface area contributed by atoms with Crippen LogP contribution in [0.4, 0.5) is 0 Å². The summed E-state index contributed by atoms with van der Waals surface area (Å²) < 4.78 is 36.3. The maximum absolute atomic E-state index is 12.7. The number of fused-ring (bicyclic) bond motifs is 3. The van der Waals surface area contributed by atoms with Crippen molar-refractivity contribution >= 4 is 26.9 Å². The quantitative estimate of drug-likeness (QED) is 0.822. The Bertz CT molecular complexity index is 908. The second-order valence-corrected chi connectivity index (χ2v) is 8.57. The molecule has 0 aliphatic carbocycles. The van der Waals surface area contributed by atoms with Crippen molar-refractivity contribution in [1.82, 2.24) is 9.29 Å². The topological polar surface area (TPSA) is 86.6 Å². The minimum Gasteiger partial charge on any atom is -0.459 e. The Morgan fingerprint density at radius 2 is 1.92 bits per heavy atom. The Balaban J connectivity index is 1.62. The van der Waals surface area contributed by atoms with Crippen LogP contribution in [-0.2, 0) is 19.5 Å². The van der Waals surface area contributed by atoms with E-state index in [1.165, 1.54) is 6.20 Å². The number of aromatic nitrogens is 1. The van der Waals surface area contributed by atoms with E-state index in [0.717, 1.165) is 10.2 Å². The summed E-state index contributed by atoms with van der Waals surface area (Å²) in [7, 11) is -3.51. The Kier molecular flexibility index (Phi) is 4.05. The number of hydrogen-bond donors (Lipinski definition) is 1. The largest absolute Gasteiger partial charge is 0.459 e. The standard InChI is InChI=1S/C17H20N2O5S/c1-25(21,22)19-8-15(14-4-2-3-5-16(14)19)17(20)24-13-6-11-9-23-10-12(7-13)18-11/h2-5,8,11-13,18H,6-7,9-10H2,1H3. The lowest BCUT2D eigenvalue weighted by atomic mass is 9.94. The molecule has 2 unspecified atom stereocenters. The van der Waals surface area contributed by atoms with Gasteiger partial charge in [-0.05, 0) is 6.07 Å². The van der Waals surface area contributed by atoms with Crippen molar-refractivity contribution in [3.8, 4) is 0 Å². The summed E-state index contributed by atoms with van der Waals surface area (Å²) >= 11 is 0. The summed E-state index contributed by atoms with van der Waals surface area (Å²) in [6, 6.07) is 7.33. The molecule has 2 bridgehead atoms. The Morgan fingerprint density at radius 1 is 1.24 bits per heavy atom. The summed E-state index contributed by atoms with van der Waals surface area (Å²) in [5.74, 6) is -0.482. The first-order valence-corrected chi connectivity index (χ1v) is 10.1. The highest BCUT2D eigenvalue weighted by Crippen LogP contribution is 2.26. The first-order valence-electron chi connectivity index (χ1n) is 8.27. The zero-order chi connectivity index (χ0) is 17.6. The summed E-state index contributed by atoms with van der Waals surface area (Å²) in [6.45, 7) is 1.25. The number of hydrogen-bond acceptors (Lipinski definition) is 6. The van der Waals surface area contributed by atoms with Gasteiger partial charge in [0.1, 0.15) is 6.10 Å². The zero-order valence-electron chi connectivity index (χ0n) is 13.8. The van der Waals surface area contributed by atoms with Gasteiger partial charge in [0, 0.05) is 36.5 Å². The second-order valence-electron chi connectivity index (χ2n) is 6.72. The number of ether oxygens (including phenoxy) is 2. The Hall–Kier alpha value is -1.90. The van der Waals surface area contributed by atoms with Crippen LogP contribution in [0.25, 0.3) is 10.9 Å². The highest BCUT2D eigenvalue weighted by molar-refractivity contribution is 7.89. The number of nitrogens with one attached hydrogen (secondary N) is 1. The molecule has 0 spiro atoms. The van der Waals surface area contributed by atoms with Gasteiger partial charge in [0.15, 0.2) is 0 Å². The molecule has 7 nitrogen and oxygen atoms in total. The third kappa shape index (κ3) is 3.17. The van der Waals surface area contributed by atoms with Gasteiger partial charge in [0.2, 0.25) is 10.0 Å². The molecule has 4 rings (SSSR count). The van der Waals surface area contributed by atoms with Gasteiger partial charge in [-0.3, -0.25) is 0 Å². The maximum atomic E-state index is 12.7. The number of para-hydroxylation sites is 1. The SMILES string of the molecule is CS(=O)(=O)n1cc(C(=O)OC2CC3COCC(C2)N3)c2ccccc21. The average Bonchev–Trinajstić information content (AvgIpc) is 2.94. The molecule has 2 aliphatic heterocycles. The molecule has 2 aromatic rings. The first kappa shape index (κ1) is 16.6. The van der Waals surface area contributed by atoms with Crippen LogP contribution in [0.3, 0.4) is 0 Å². The summed E-state index contributed by atoms with van der Waals surface area (Å²) in [5, 5.41) is 4.03. The molecule has 8 heteroatoms. The molecule has 0 saturated carbocycles. The number of nitrogens with zero attached hydrogens (tertiary/aromatic N) is 1. The van der Waals surface area contributed by atoms with Crippen molar-refractivity contribution in [3.05, 3.63) is 36.0 Å². The third-order valence-electron chi connectivity index (χ3n) is 4.73. The predicted octanol–water partition coefficient (Wildman–Crippen LogP) is 1.13. The third-order valence-corrected chi connectivity index (χ3v) is 5.75. The fourth-order valence-electron chi connectivity index (χ4n) is 3.68. The number of esters is 1. The number of carbonyl (C=O) groups excluding carboxylic acids is 1. The highest BCUT2D eigenvalue weighted by Gasteiger charge is 2.34. The van der Waals surface area contributed by atoms with E-state index in [9.17, 15) is 13.2 Å². The van der Waals surface area contributed by atoms with E-state index in [4.69, 9.17) is 9.47 Å². The van der Waals surface area contributed by atoms with Gasteiger partial charge in [-0.15, -0.1) is 0 Å². The summed E-state index contributed by atoms with van der Waals surface area (Å²) in [6.07, 6.45) is 3.68. The van der Waals surface area contributed by atoms with E-state index in [1.807, 2.05) is 0 Å². The fourth-order valence-corrected chi connectivity index (χ4v) is 4.50. The molecule has 25 heavy (non-hydrogen) atoms. The van der Waals surface area contributed by atoms with E-state index in [1.54, 1.807) is 24.3 Å². The Labute approximate surface area is 146 Å². The van der Waals surface area contributed by atoms with Gasteiger partial charge >= 0.3 is 5.97 Å². The van der Waals surface area contributed by atoms with Gasteiger partial charge in [-0.1, -0.05) is 18.2 Å². The van der Waals surface area contributed by atoms with Crippen molar-refractivity contribution in [2.75, 3.05) is 19.5 Å². The summed E-state index contributed by atoms with van der Waals surface area (Å²) in [5.41, 5.74) is 0.758. The van der Waals surface area contributed by atoms with Crippen LogP contribution >= 0.6 is 0 Å². The van der Waals surface area contributed by atoms with Crippen LogP contribution in [0.1, 0.15) is 23.2 Å². The molecule has 0 radical (unpaired) electrons. The fraction of sp³-hybridized carbons (Fsp3) is 0.471. The van der Waals surface area contributed by atoms with E-state index >= 15 is 0 Å². The minimum absolute atomic E-state index is 0.187. The molecule has 2 aliphatic rings. The van der Waals surface area contributed by atoms with Gasteiger partial charge in [0.25, 0.3) is 0 Å². The Morgan fingerprint density at radius 3 is 2.60 bits per heavy atom. The van der Waals surface area contributed by atoms with Crippen LogP contribution in [0.2, 0.25) is 0 Å². The molecule has 1 aromatic carbocycles. The molecule has 134 valence electrons. The number of carbonyl (C=O) groups is 1. The van der Waals surface area contributed by atoms with Crippen molar-refractivity contribution in [2.45, 2.75) is 31.0 Å². The van der Waals surface area contributed by atoms with E-state index in [-0.39, 0.29) is 23.8 Å². The molecule has 2 atom stereocenters. The number of rotatable bonds is 3. The van der Waals surface area contributed by atoms with Crippen molar-refractivity contribution in [3.63, 3.8) is 0 Å².